The summed E-state index contributed by atoms with van der Waals surface area (Å²) in [5, 5.41) is 0. The first-order valence-corrected chi connectivity index (χ1v) is 21.8. The van der Waals surface area contributed by atoms with Crippen LogP contribution in [0.25, 0.3) is 0 Å². The maximum Gasteiger partial charge on any atom is 0.469 e. The van der Waals surface area contributed by atoms with Gasteiger partial charge in [0.2, 0.25) is 0 Å². The number of hydrogen-bond acceptors (Lipinski definition) is 6. The summed E-state index contributed by atoms with van der Waals surface area (Å²) in [6, 6.07) is 0. The highest BCUT2D eigenvalue weighted by Gasteiger charge is 2.22. The molecule has 0 saturated carbocycles. The molecule has 0 fully saturated rings. The molecule has 1 atom stereocenters. The number of carbonyl (C=O) groups is 2. The molecule has 292 valence electrons. The zero-order valence-electron chi connectivity index (χ0n) is 32.0. The molecule has 0 saturated heterocycles. The van der Waals surface area contributed by atoms with Gasteiger partial charge < -0.3 is 19.3 Å². The molecule has 8 nitrogen and oxygen atoms in total. The number of esters is 2. The maximum absolute atomic E-state index is 12.4. The normalized spacial score (nSPS) is 12.8. The van der Waals surface area contributed by atoms with Gasteiger partial charge in [-0.1, -0.05) is 147 Å². The summed E-state index contributed by atoms with van der Waals surface area (Å²) >= 11 is 0. The summed E-state index contributed by atoms with van der Waals surface area (Å²) in [5.74, 6) is -0.923. The number of rotatable bonds is 37. The number of allylic oxidation sites excluding steroid dienone is 6. The van der Waals surface area contributed by atoms with Crippen LogP contribution in [-0.2, 0) is 28.2 Å². The first-order valence-electron chi connectivity index (χ1n) is 20.3. The highest BCUT2D eigenvalue weighted by Crippen LogP contribution is 2.36. The molecule has 0 aliphatic rings. The van der Waals surface area contributed by atoms with Crippen LogP contribution in [0.5, 0.6) is 0 Å². The first kappa shape index (κ1) is 48.3. The SMILES string of the molecule is CCCCCC/C=C/CCCCCCCCCCCC(=O)OC[C@H](COP(=O)(O)O)OC(=O)CCCC/C=C/C/C=C/CCCCCCCC. The molecule has 0 aliphatic carbocycles. The maximum atomic E-state index is 12.4. The summed E-state index contributed by atoms with van der Waals surface area (Å²) in [4.78, 5) is 42.8. The second kappa shape index (κ2) is 37.0. The standard InChI is InChI=1S/C41H75O8P/c1-3-5-7-9-11-13-15-17-19-20-22-23-25-27-29-31-33-35-40(42)47-37-39(38-48-50(44,45)46)49-41(43)36-34-32-30-28-26-24-21-18-16-14-12-10-8-6-4-2/h13,15,18,21,26,28,39H,3-12,14,16-17,19-20,22-25,27,29-38H2,1-2H3,(H2,44,45,46)/b15-13+,21-18+,28-26+/t39-/m1/s1. The van der Waals surface area contributed by atoms with Crippen LogP contribution in [0, 0.1) is 0 Å². The van der Waals surface area contributed by atoms with Crippen molar-refractivity contribution in [1.29, 1.82) is 0 Å². The van der Waals surface area contributed by atoms with Gasteiger partial charge in [-0.3, -0.25) is 14.1 Å². The fourth-order valence-corrected chi connectivity index (χ4v) is 5.93. The third-order valence-electron chi connectivity index (χ3n) is 8.63. The predicted octanol–water partition coefficient (Wildman–Crippen LogP) is 12.2. The molecule has 0 aromatic heterocycles. The van der Waals surface area contributed by atoms with Crippen molar-refractivity contribution in [2.45, 2.75) is 200 Å². The minimum atomic E-state index is -4.76. The van der Waals surface area contributed by atoms with Gasteiger partial charge in [-0.25, -0.2) is 4.57 Å². The molecule has 2 N–H and O–H groups in total. The van der Waals surface area contributed by atoms with Gasteiger partial charge in [-0.2, -0.15) is 0 Å². The Bertz CT molecular complexity index is 910. The molecule has 9 heteroatoms. The highest BCUT2D eigenvalue weighted by atomic mass is 31.2. The van der Waals surface area contributed by atoms with Crippen molar-refractivity contribution in [2.75, 3.05) is 13.2 Å². The van der Waals surface area contributed by atoms with Gasteiger partial charge in [-0.15, -0.1) is 0 Å². The van der Waals surface area contributed by atoms with Gasteiger partial charge in [0.15, 0.2) is 6.10 Å². The monoisotopic (exact) mass is 727 g/mol. The molecule has 0 rings (SSSR count). The smallest absolute Gasteiger partial charge is 0.462 e. The second-order valence-electron chi connectivity index (χ2n) is 13.6. The Morgan fingerprint density at radius 2 is 0.900 bits per heavy atom. The zero-order chi connectivity index (χ0) is 36.8. The van der Waals surface area contributed by atoms with E-state index in [1.807, 2.05) is 0 Å². The molecule has 0 radical (unpaired) electrons. The Balaban J connectivity index is 3.97. The van der Waals surface area contributed by atoms with E-state index in [0.717, 1.165) is 51.4 Å². The third-order valence-corrected chi connectivity index (χ3v) is 9.12. The van der Waals surface area contributed by atoms with Crippen molar-refractivity contribution < 1.29 is 37.9 Å². The Morgan fingerprint density at radius 1 is 0.520 bits per heavy atom. The van der Waals surface area contributed by atoms with Crippen molar-refractivity contribution in [3.8, 4) is 0 Å². The second-order valence-corrected chi connectivity index (χ2v) is 14.8. The molecular formula is C41H75O8P. The minimum absolute atomic E-state index is 0.170. The highest BCUT2D eigenvalue weighted by molar-refractivity contribution is 7.46. The Kier molecular flexibility index (Phi) is 35.8. The zero-order valence-corrected chi connectivity index (χ0v) is 32.9. The van der Waals surface area contributed by atoms with Crippen molar-refractivity contribution >= 4 is 19.8 Å². The molecule has 0 aliphatic heterocycles. The minimum Gasteiger partial charge on any atom is -0.462 e. The Morgan fingerprint density at radius 3 is 1.40 bits per heavy atom. The van der Waals surface area contributed by atoms with Crippen LogP contribution in [0.15, 0.2) is 36.5 Å². The number of hydrogen-bond donors (Lipinski definition) is 2. The van der Waals surface area contributed by atoms with Gasteiger partial charge in [0.1, 0.15) is 6.61 Å². The van der Waals surface area contributed by atoms with Crippen molar-refractivity contribution in [3.63, 3.8) is 0 Å². The van der Waals surface area contributed by atoms with Crippen molar-refractivity contribution in [3.05, 3.63) is 36.5 Å². The van der Waals surface area contributed by atoms with Crippen molar-refractivity contribution in [1.82, 2.24) is 0 Å². The Hall–Kier alpha value is -1.73. The summed E-state index contributed by atoms with van der Waals surface area (Å²) in [6.45, 7) is 3.64. The van der Waals surface area contributed by atoms with Crippen LogP contribution >= 0.6 is 7.82 Å². The van der Waals surface area contributed by atoms with Gasteiger partial charge in [-0.05, 0) is 70.6 Å². The molecule has 0 spiro atoms. The van der Waals surface area contributed by atoms with E-state index < -0.39 is 32.5 Å². The lowest BCUT2D eigenvalue weighted by Gasteiger charge is -2.18. The summed E-state index contributed by atoms with van der Waals surface area (Å²) in [7, 11) is -4.76. The summed E-state index contributed by atoms with van der Waals surface area (Å²) in [5.41, 5.74) is 0. The number of unbranched alkanes of at least 4 members (excludes halogenated alkanes) is 21. The number of ether oxygens (including phenoxy) is 2. The third kappa shape index (κ3) is 39.1. The van der Waals surface area contributed by atoms with Crippen molar-refractivity contribution in [2.24, 2.45) is 0 Å². The molecule has 0 aromatic rings. The van der Waals surface area contributed by atoms with Gasteiger partial charge >= 0.3 is 19.8 Å². The lowest BCUT2D eigenvalue weighted by atomic mass is 10.1. The van der Waals surface area contributed by atoms with Crippen LogP contribution in [-0.4, -0.2) is 41.0 Å². The molecule has 0 heterocycles. The number of carbonyl (C=O) groups excluding carboxylic acids is 2. The van der Waals surface area contributed by atoms with E-state index in [1.54, 1.807) is 0 Å². The van der Waals surface area contributed by atoms with E-state index in [0.29, 0.717) is 6.42 Å². The fraction of sp³-hybridized carbons (Fsp3) is 0.805. The molecule has 0 aromatic carbocycles. The van der Waals surface area contributed by atoms with Crippen LogP contribution in [0.2, 0.25) is 0 Å². The topological polar surface area (TPSA) is 119 Å². The molecule has 0 amide bonds. The van der Waals surface area contributed by atoms with E-state index in [1.165, 1.54) is 109 Å². The van der Waals surface area contributed by atoms with E-state index in [-0.39, 0.29) is 19.4 Å². The molecule has 50 heavy (non-hydrogen) atoms. The van der Waals surface area contributed by atoms with Gasteiger partial charge in [0.25, 0.3) is 0 Å². The predicted molar refractivity (Wildman–Crippen MR) is 207 cm³/mol. The van der Waals surface area contributed by atoms with Crippen LogP contribution in [0.4, 0.5) is 0 Å². The number of phosphoric acid groups is 1. The number of phosphoric ester groups is 1. The van der Waals surface area contributed by atoms with E-state index >= 15 is 0 Å². The average molecular weight is 727 g/mol. The lowest BCUT2D eigenvalue weighted by Crippen LogP contribution is -2.29. The molecule has 0 unspecified atom stereocenters. The van der Waals surface area contributed by atoms with Crippen LogP contribution in [0.1, 0.15) is 194 Å². The summed E-state index contributed by atoms with van der Waals surface area (Å²) < 4.78 is 26.3. The van der Waals surface area contributed by atoms with E-state index in [9.17, 15) is 14.2 Å². The molecular weight excluding hydrogens is 651 g/mol. The summed E-state index contributed by atoms with van der Waals surface area (Å²) in [6.07, 6.45) is 42.9. The van der Waals surface area contributed by atoms with E-state index in [4.69, 9.17) is 19.3 Å². The average Bonchev–Trinajstić information content (AvgIpc) is 3.08. The van der Waals surface area contributed by atoms with Gasteiger partial charge in [0, 0.05) is 12.8 Å². The Labute approximate surface area is 306 Å². The first-order chi connectivity index (χ1) is 24.3. The lowest BCUT2D eigenvalue weighted by molar-refractivity contribution is -0.161. The van der Waals surface area contributed by atoms with Gasteiger partial charge in [0.05, 0.1) is 6.61 Å². The molecule has 0 bridgehead atoms. The fourth-order valence-electron chi connectivity index (χ4n) is 5.57. The van der Waals surface area contributed by atoms with Crippen LogP contribution in [0.3, 0.4) is 0 Å². The van der Waals surface area contributed by atoms with E-state index in [2.05, 4.69) is 54.8 Å². The van der Waals surface area contributed by atoms with Crippen LogP contribution < -0.4 is 0 Å². The largest absolute Gasteiger partial charge is 0.469 e. The quantitative estimate of drug-likeness (QED) is 0.0281.